The molecule has 0 radical (unpaired) electrons. The highest BCUT2D eigenvalue weighted by Gasteiger charge is 2.31. The fourth-order valence-electron chi connectivity index (χ4n) is 1.99. The Morgan fingerprint density at radius 2 is 1.17 bits per heavy atom. The molecule has 124 valence electrons. The molecule has 0 saturated heterocycles. The van der Waals surface area contributed by atoms with Crippen LogP contribution >= 0.6 is 34.8 Å². The quantitative estimate of drug-likeness (QED) is 0.405. The van der Waals surface area contributed by atoms with Gasteiger partial charge in [-0.15, -0.1) is 11.6 Å². The molecule has 2 rings (SSSR count). The Morgan fingerprint density at radius 1 is 0.783 bits per heavy atom. The molecule has 0 spiro atoms. The van der Waals surface area contributed by atoms with Crippen molar-refractivity contribution in [3.05, 3.63) is 69.7 Å². The minimum atomic E-state index is -2.34. The van der Waals surface area contributed by atoms with Gasteiger partial charge >= 0.3 is 8.56 Å². The lowest BCUT2D eigenvalue weighted by Gasteiger charge is -2.26. The van der Waals surface area contributed by atoms with Crippen LogP contribution in [0, 0.1) is 0 Å². The lowest BCUT2D eigenvalue weighted by molar-refractivity contribution is 0.159. The van der Waals surface area contributed by atoms with Crippen LogP contribution in [0.2, 0.25) is 22.6 Å². The molecule has 0 aliphatic heterocycles. The molecule has 0 fully saturated rings. The van der Waals surface area contributed by atoms with E-state index in [9.17, 15) is 0 Å². The number of hydrogen-bond acceptors (Lipinski definition) is 2. The van der Waals surface area contributed by atoms with Gasteiger partial charge < -0.3 is 8.85 Å². The minimum absolute atomic E-state index is 0.497. The molecule has 2 aromatic rings. The highest BCUT2D eigenvalue weighted by molar-refractivity contribution is 6.66. The van der Waals surface area contributed by atoms with Gasteiger partial charge in [-0.2, -0.15) is 0 Å². The SMILES string of the molecule is C[Si](CCCl)(OCc1ccc(Cl)cc1)OCc1ccc(Cl)cc1. The summed E-state index contributed by atoms with van der Waals surface area (Å²) in [6.45, 7) is 3.04. The first-order valence-corrected chi connectivity index (χ1v) is 11.1. The van der Waals surface area contributed by atoms with Crippen LogP contribution in [0.5, 0.6) is 0 Å². The first kappa shape index (κ1) is 18.8. The number of benzene rings is 2. The fraction of sp³-hybridized carbons (Fsp3) is 0.294. The lowest BCUT2D eigenvalue weighted by Crippen LogP contribution is -2.38. The summed E-state index contributed by atoms with van der Waals surface area (Å²) < 4.78 is 12.2. The van der Waals surface area contributed by atoms with Crippen molar-refractivity contribution in [2.24, 2.45) is 0 Å². The molecule has 23 heavy (non-hydrogen) atoms. The summed E-state index contributed by atoms with van der Waals surface area (Å²) in [5.74, 6) is 0.518. The van der Waals surface area contributed by atoms with E-state index in [2.05, 4.69) is 0 Å². The molecule has 2 aromatic carbocycles. The van der Waals surface area contributed by atoms with E-state index in [0.717, 1.165) is 17.2 Å². The normalized spacial score (nSPS) is 11.7. The van der Waals surface area contributed by atoms with Crippen molar-refractivity contribution in [1.82, 2.24) is 0 Å². The summed E-state index contributed by atoms with van der Waals surface area (Å²) in [6.07, 6.45) is 0. The van der Waals surface area contributed by atoms with Crippen molar-refractivity contribution >= 4 is 43.4 Å². The van der Waals surface area contributed by atoms with Gasteiger partial charge in [0.15, 0.2) is 0 Å². The second-order valence-corrected chi connectivity index (χ2v) is 10.00. The highest BCUT2D eigenvalue weighted by atomic mass is 35.5. The molecule has 2 nitrogen and oxygen atoms in total. The summed E-state index contributed by atoms with van der Waals surface area (Å²) in [6, 6.07) is 16.0. The van der Waals surface area contributed by atoms with Crippen LogP contribution in [-0.2, 0) is 22.1 Å². The van der Waals surface area contributed by atoms with Gasteiger partial charge in [-0.1, -0.05) is 47.5 Å². The lowest BCUT2D eigenvalue weighted by atomic mass is 10.2. The van der Waals surface area contributed by atoms with E-state index in [1.165, 1.54) is 0 Å². The van der Waals surface area contributed by atoms with Gasteiger partial charge in [0.1, 0.15) is 0 Å². The molecule has 0 heterocycles. The van der Waals surface area contributed by atoms with Crippen LogP contribution in [0.25, 0.3) is 0 Å². The first-order chi connectivity index (χ1) is 11.0. The zero-order valence-electron chi connectivity index (χ0n) is 12.9. The van der Waals surface area contributed by atoms with Crippen molar-refractivity contribution in [2.45, 2.75) is 25.8 Å². The largest absolute Gasteiger partial charge is 0.390 e. The zero-order chi connectivity index (χ0) is 16.7. The molecule has 0 N–H and O–H groups in total. The molecule has 6 heteroatoms. The number of hydrogen-bond donors (Lipinski definition) is 0. The number of halogens is 3. The maximum atomic E-state index is 6.10. The molecule has 0 atom stereocenters. The monoisotopic (exact) mass is 388 g/mol. The van der Waals surface area contributed by atoms with Crippen LogP contribution in [0.15, 0.2) is 48.5 Å². The summed E-state index contributed by atoms with van der Waals surface area (Å²) >= 11 is 17.7. The summed E-state index contributed by atoms with van der Waals surface area (Å²) in [5.41, 5.74) is 2.13. The van der Waals surface area contributed by atoms with Gasteiger partial charge in [0.2, 0.25) is 0 Å². The van der Waals surface area contributed by atoms with Crippen LogP contribution in [0.4, 0.5) is 0 Å². The van der Waals surface area contributed by atoms with E-state index in [1.54, 1.807) is 0 Å². The molecule has 0 aliphatic rings. The molecule has 0 unspecified atom stereocenters. The van der Waals surface area contributed by atoms with Gasteiger partial charge in [0.25, 0.3) is 0 Å². The van der Waals surface area contributed by atoms with Gasteiger partial charge in [-0.05, 0) is 41.9 Å². The van der Waals surface area contributed by atoms with E-state index in [0.29, 0.717) is 29.1 Å². The van der Waals surface area contributed by atoms with Crippen LogP contribution in [-0.4, -0.2) is 14.4 Å². The minimum Gasteiger partial charge on any atom is -0.390 e. The maximum Gasteiger partial charge on any atom is 0.336 e. The third-order valence-electron chi connectivity index (χ3n) is 3.46. The van der Waals surface area contributed by atoms with Gasteiger partial charge in [0.05, 0.1) is 13.2 Å². The average molecular weight is 390 g/mol. The maximum absolute atomic E-state index is 6.10. The van der Waals surface area contributed by atoms with E-state index in [1.807, 2.05) is 55.1 Å². The van der Waals surface area contributed by atoms with E-state index in [-0.39, 0.29) is 0 Å². The molecule has 0 saturated carbocycles. The van der Waals surface area contributed by atoms with Crippen molar-refractivity contribution in [1.29, 1.82) is 0 Å². The van der Waals surface area contributed by atoms with Crippen LogP contribution in [0.1, 0.15) is 11.1 Å². The third kappa shape index (κ3) is 6.46. The molecular weight excluding hydrogens is 371 g/mol. The molecule has 0 bridgehead atoms. The Balaban J connectivity index is 1.94. The molecule has 0 aromatic heterocycles. The van der Waals surface area contributed by atoms with Crippen molar-refractivity contribution < 1.29 is 8.85 Å². The first-order valence-electron chi connectivity index (χ1n) is 7.33. The summed E-state index contributed by atoms with van der Waals surface area (Å²) in [4.78, 5) is 0. The Kier molecular flexibility index (Phi) is 7.40. The molecule has 0 aliphatic carbocycles. The van der Waals surface area contributed by atoms with Crippen molar-refractivity contribution in [3.63, 3.8) is 0 Å². The number of alkyl halides is 1. The zero-order valence-corrected chi connectivity index (χ0v) is 16.2. The van der Waals surface area contributed by atoms with Gasteiger partial charge in [-0.3, -0.25) is 0 Å². The van der Waals surface area contributed by atoms with Crippen LogP contribution in [0.3, 0.4) is 0 Å². The Hall–Kier alpha value is -0.553. The number of rotatable bonds is 8. The predicted octanol–water partition coefficient (Wildman–Crippen LogP) is 6.04. The second-order valence-electron chi connectivity index (χ2n) is 5.40. The summed E-state index contributed by atoms with van der Waals surface area (Å²) in [7, 11) is -2.34. The van der Waals surface area contributed by atoms with E-state index in [4.69, 9.17) is 43.7 Å². The Bertz CT molecular complexity index is 553. The predicted molar refractivity (Wildman–Crippen MR) is 99.6 cm³/mol. The smallest absolute Gasteiger partial charge is 0.336 e. The topological polar surface area (TPSA) is 18.5 Å². The third-order valence-corrected chi connectivity index (χ3v) is 7.14. The fourth-order valence-corrected chi connectivity index (χ4v) is 4.93. The standard InChI is InChI=1S/C17H19Cl3O2Si/c1-23(11-10-18,21-12-14-2-6-16(19)7-3-14)22-13-15-4-8-17(20)9-5-15/h2-9H,10-13H2,1H3. The van der Waals surface area contributed by atoms with Crippen molar-refractivity contribution in [2.75, 3.05) is 5.88 Å². The average Bonchev–Trinajstić information content (AvgIpc) is 2.54. The molecule has 0 amide bonds. The van der Waals surface area contributed by atoms with Crippen LogP contribution < -0.4 is 0 Å². The second kappa shape index (κ2) is 9.07. The van der Waals surface area contributed by atoms with Crippen molar-refractivity contribution in [3.8, 4) is 0 Å². The Labute approximate surface area is 153 Å². The van der Waals surface area contributed by atoms with Gasteiger partial charge in [-0.25, -0.2) is 0 Å². The van der Waals surface area contributed by atoms with E-state index < -0.39 is 8.56 Å². The summed E-state index contributed by atoms with van der Waals surface area (Å²) in [5, 5.41) is 1.43. The highest BCUT2D eigenvalue weighted by Crippen LogP contribution is 2.20. The Morgan fingerprint density at radius 3 is 1.52 bits per heavy atom. The molecular formula is C17H19Cl3O2Si. The van der Waals surface area contributed by atoms with E-state index >= 15 is 0 Å². The van der Waals surface area contributed by atoms with Gasteiger partial charge in [0, 0.05) is 22.0 Å².